The van der Waals surface area contributed by atoms with Crippen LogP contribution in [0.4, 0.5) is 13.2 Å². The highest BCUT2D eigenvalue weighted by molar-refractivity contribution is 5.84. The molecule has 0 aliphatic heterocycles. The molecule has 1 heterocycles. The number of benzene rings is 2. The summed E-state index contributed by atoms with van der Waals surface area (Å²) in [5.41, 5.74) is -0.761. The van der Waals surface area contributed by atoms with Crippen LogP contribution >= 0.6 is 0 Å². The van der Waals surface area contributed by atoms with Crippen LogP contribution in [0, 0.1) is 24.4 Å². The summed E-state index contributed by atoms with van der Waals surface area (Å²) in [5.74, 6) is -3.21. The topological polar surface area (TPSA) is 47.0 Å². The molecule has 7 heteroatoms. The number of imidazole rings is 1. The van der Waals surface area contributed by atoms with Gasteiger partial charge in [0.2, 0.25) is 0 Å². The summed E-state index contributed by atoms with van der Waals surface area (Å²) in [5, 5.41) is 0. The third-order valence-electron chi connectivity index (χ3n) is 3.38. The number of halogens is 3. The van der Waals surface area contributed by atoms with Crippen molar-refractivity contribution in [2.24, 2.45) is 0 Å². The van der Waals surface area contributed by atoms with Crippen LogP contribution in [0.25, 0.3) is 16.7 Å². The van der Waals surface area contributed by atoms with Crippen LogP contribution in [0.15, 0.2) is 29.1 Å². The second kappa shape index (κ2) is 6.82. The Morgan fingerprint density at radius 1 is 1.08 bits per heavy atom. The summed E-state index contributed by atoms with van der Waals surface area (Å²) in [4.78, 5) is 14.5. The Bertz CT molecular complexity index is 945. The summed E-state index contributed by atoms with van der Waals surface area (Å²) < 4.78 is 47.6. The van der Waals surface area contributed by atoms with E-state index in [1.54, 1.807) is 13.0 Å². The van der Waals surface area contributed by atoms with E-state index in [2.05, 4.69) is 4.98 Å². The van der Waals surface area contributed by atoms with Crippen molar-refractivity contribution >= 4 is 11.0 Å². The molecule has 3 aromatic rings. The molecule has 0 atom stereocenters. The lowest BCUT2D eigenvalue weighted by Gasteiger charge is -2.08. The van der Waals surface area contributed by atoms with Gasteiger partial charge in [0, 0.05) is 6.07 Å². The summed E-state index contributed by atoms with van der Waals surface area (Å²) in [6, 6.07) is 4.92. The molecule has 2 aromatic carbocycles. The second-order valence-electron chi connectivity index (χ2n) is 4.82. The highest BCUT2D eigenvalue weighted by Gasteiger charge is 2.22. The van der Waals surface area contributed by atoms with E-state index in [-0.39, 0.29) is 17.0 Å². The lowest BCUT2D eigenvalue weighted by molar-refractivity contribution is 0.412. The summed E-state index contributed by atoms with van der Waals surface area (Å²) in [6.45, 7) is 5.67. The zero-order valence-corrected chi connectivity index (χ0v) is 13.7. The van der Waals surface area contributed by atoms with E-state index in [4.69, 9.17) is 4.74 Å². The van der Waals surface area contributed by atoms with Crippen LogP contribution in [0.3, 0.4) is 0 Å². The molecule has 4 nitrogen and oxygen atoms in total. The van der Waals surface area contributed by atoms with E-state index >= 15 is 0 Å². The summed E-state index contributed by atoms with van der Waals surface area (Å²) in [7, 11) is 1.26. The van der Waals surface area contributed by atoms with Crippen LogP contribution < -0.4 is 10.4 Å². The van der Waals surface area contributed by atoms with E-state index in [0.717, 1.165) is 10.6 Å². The molecule has 0 aliphatic carbocycles. The summed E-state index contributed by atoms with van der Waals surface area (Å²) in [6.07, 6.45) is 0. The van der Waals surface area contributed by atoms with Gasteiger partial charge < -0.3 is 9.72 Å². The molecule has 0 fully saturated rings. The third kappa shape index (κ3) is 2.77. The van der Waals surface area contributed by atoms with Gasteiger partial charge in [-0.2, -0.15) is 0 Å². The Morgan fingerprint density at radius 3 is 2.33 bits per heavy atom. The molecule has 1 aromatic heterocycles. The predicted molar refractivity (Wildman–Crippen MR) is 86.4 cm³/mol. The molecule has 24 heavy (non-hydrogen) atoms. The van der Waals surface area contributed by atoms with Gasteiger partial charge in [-0.3, -0.25) is 4.57 Å². The van der Waals surface area contributed by atoms with Crippen molar-refractivity contribution in [1.29, 1.82) is 0 Å². The van der Waals surface area contributed by atoms with Crippen molar-refractivity contribution in [1.82, 2.24) is 9.55 Å². The van der Waals surface area contributed by atoms with Crippen LogP contribution in [0.1, 0.15) is 19.4 Å². The third-order valence-corrected chi connectivity index (χ3v) is 3.38. The molecular weight excluding hydrogens is 321 g/mol. The Balaban J connectivity index is 0.00000100. The normalized spacial score (nSPS) is 10.5. The van der Waals surface area contributed by atoms with Gasteiger partial charge in [0.25, 0.3) is 0 Å². The average molecular weight is 338 g/mol. The lowest BCUT2D eigenvalue weighted by atomic mass is 10.2. The van der Waals surface area contributed by atoms with E-state index in [1.807, 2.05) is 13.8 Å². The number of rotatable bonds is 2. The second-order valence-corrected chi connectivity index (χ2v) is 4.82. The van der Waals surface area contributed by atoms with E-state index in [0.29, 0.717) is 5.56 Å². The lowest BCUT2D eigenvalue weighted by Crippen LogP contribution is -2.16. The number of nitrogens with zero attached hydrogens (tertiary/aromatic N) is 1. The minimum Gasteiger partial charge on any atom is -0.494 e. The van der Waals surface area contributed by atoms with Gasteiger partial charge in [0.15, 0.2) is 11.6 Å². The average Bonchev–Trinajstić information content (AvgIpc) is 2.90. The van der Waals surface area contributed by atoms with Crippen molar-refractivity contribution in [2.75, 3.05) is 7.11 Å². The predicted octanol–water partition coefficient (Wildman–Crippen LogP) is 4.08. The molecular formula is C17H17F3N2O2. The molecule has 0 aliphatic rings. The fourth-order valence-electron chi connectivity index (χ4n) is 2.37. The van der Waals surface area contributed by atoms with Crippen molar-refractivity contribution in [3.8, 4) is 11.4 Å². The van der Waals surface area contributed by atoms with Crippen LogP contribution in [0.5, 0.6) is 5.75 Å². The zero-order valence-electron chi connectivity index (χ0n) is 13.7. The Labute approximate surface area is 136 Å². The van der Waals surface area contributed by atoms with Gasteiger partial charge in [0.1, 0.15) is 22.6 Å². The number of H-pyrrole nitrogens is 1. The summed E-state index contributed by atoms with van der Waals surface area (Å²) >= 11 is 0. The first-order valence-electron chi connectivity index (χ1n) is 7.37. The smallest absolute Gasteiger partial charge is 0.331 e. The highest BCUT2D eigenvalue weighted by atomic mass is 19.2. The molecule has 1 N–H and O–H groups in total. The number of ether oxygens (including phenoxy) is 1. The molecule has 0 radical (unpaired) electrons. The molecule has 3 rings (SSSR count). The van der Waals surface area contributed by atoms with Crippen molar-refractivity contribution < 1.29 is 17.9 Å². The Hall–Kier alpha value is -2.70. The maximum atomic E-state index is 14.2. The van der Waals surface area contributed by atoms with E-state index < -0.39 is 28.7 Å². The maximum Gasteiger partial charge on any atom is 0.331 e. The quantitative estimate of drug-likeness (QED) is 0.765. The minimum atomic E-state index is -1.26. The number of nitrogens with one attached hydrogen (secondary N) is 1. The molecule has 128 valence electrons. The number of aromatic nitrogens is 2. The Morgan fingerprint density at radius 2 is 1.75 bits per heavy atom. The fourth-order valence-corrected chi connectivity index (χ4v) is 2.37. The van der Waals surface area contributed by atoms with E-state index in [1.165, 1.54) is 19.2 Å². The zero-order chi connectivity index (χ0) is 18.0. The molecule has 0 saturated heterocycles. The number of aryl methyl sites for hydroxylation is 1. The number of aromatic amines is 1. The number of methoxy groups -OCH3 is 1. The number of fused-ring (bicyclic) bond motifs is 1. The molecule has 0 bridgehead atoms. The van der Waals surface area contributed by atoms with Gasteiger partial charge in [-0.25, -0.2) is 18.0 Å². The van der Waals surface area contributed by atoms with Gasteiger partial charge in [0.05, 0.1) is 12.8 Å². The van der Waals surface area contributed by atoms with Gasteiger partial charge in [-0.05, 0) is 24.6 Å². The van der Waals surface area contributed by atoms with Crippen LogP contribution in [-0.2, 0) is 0 Å². The SMILES string of the molecule is CC.COc1cc(F)c(F)c2c1[nH]c(=O)n2-c1ccc(C)cc1F. The van der Waals surface area contributed by atoms with E-state index in [9.17, 15) is 18.0 Å². The molecule has 0 amide bonds. The standard InChI is InChI=1S/C15H11F3N2O2.C2H6/c1-7-3-4-10(8(16)5-7)20-14-12(18)9(17)6-11(22-2)13(14)19-15(20)21;1-2/h3-6H,1-2H3,(H,19,21);1-2H3. The van der Waals surface area contributed by atoms with Crippen molar-refractivity contribution in [2.45, 2.75) is 20.8 Å². The monoisotopic (exact) mass is 338 g/mol. The van der Waals surface area contributed by atoms with Gasteiger partial charge >= 0.3 is 5.69 Å². The first-order valence-corrected chi connectivity index (χ1v) is 7.37. The minimum absolute atomic E-state index is 0.0358. The van der Waals surface area contributed by atoms with Crippen molar-refractivity contribution in [3.05, 3.63) is 57.8 Å². The first-order chi connectivity index (χ1) is 11.4. The largest absolute Gasteiger partial charge is 0.494 e. The Kier molecular flexibility index (Phi) is 5.02. The number of hydrogen-bond acceptors (Lipinski definition) is 2. The van der Waals surface area contributed by atoms with Gasteiger partial charge in [-0.15, -0.1) is 0 Å². The highest BCUT2D eigenvalue weighted by Crippen LogP contribution is 2.29. The number of hydrogen-bond donors (Lipinski definition) is 1. The molecule has 0 spiro atoms. The maximum absolute atomic E-state index is 14.2. The molecule has 0 saturated carbocycles. The van der Waals surface area contributed by atoms with Crippen molar-refractivity contribution in [3.63, 3.8) is 0 Å². The first kappa shape index (κ1) is 17.7. The van der Waals surface area contributed by atoms with Crippen LogP contribution in [-0.4, -0.2) is 16.7 Å². The fraction of sp³-hybridized carbons (Fsp3) is 0.235. The molecule has 0 unspecified atom stereocenters. The van der Waals surface area contributed by atoms with Crippen LogP contribution in [0.2, 0.25) is 0 Å². The van der Waals surface area contributed by atoms with Gasteiger partial charge in [-0.1, -0.05) is 19.9 Å².